The van der Waals surface area contributed by atoms with E-state index in [1.165, 1.54) is 0 Å². The monoisotopic (exact) mass is 412 g/mol. The number of carbonyl (C=O) groups is 2. The molecule has 0 fully saturated rings. The number of ether oxygens (including phenoxy) is 1. The number of nitrogens with zero attached hydrogens (tertiary/aromatic N) is 6. The van der Waals surface area contributed by atoms with E-state index in [2.05, 4.69) is 34.8 Å². The SMILES string of the molecule is CCC1=NOC(=O)C1N=Nc1ccc2nnc3c(C(=O)OC(C)C)snc3c2c1. The summed E-state index contributed by atoms with van der Waals surface area (Å²) >= 11 is 1.01. The van der Waals surface area contributed by atoms with Gasteiger partial charge < -0.3 is 9.57 Å². The molecule has 0 saturated heterocycles. The summed E-state index contributed by atoms with van der Waals surface area (Å²) in [5.74, 6) is -1.03. The number of rotatable bonds is 5. The second kappa shape index (κ2) is 7.59. The molecule has 0 N–H and O–H groups in total. The molecule has 148 valence electrons. The molecular weight excluding hydrogens is 396 g/mol. The summed E-state index contributed by atoms with van der Waals surface area (Å²) in [6.45, 7) is 5.40. The Kier molecular flexibility index (Phi) is 4.97. The highest BCUT2D eigenvalue weighted by atomic mass is 32.1. The normalized spacial score (nSPS) is 16.8. The number of benzene rings is 1. The smallest absolute Gasteiger partial charge is 0.367 e. The minimum Gasteiger partial charge on any atom is -0.459 e. The van der Waals surface area contributed by atoms with Gasteiger partial charge in [-0.25, -0.2) is 9.59 Å². The van der Waals surface area contributed by atoms with Crippen molar-refractivity contribution in [2.45, 2.75) is 39.3 Å². The van der Waals surface area contributed by atoms with Crippen molar-refractivity contribution >= 4 is 56.8 Å². The molecule has 0 aliphatic carbocycles. The number of carbonyl (C=O) groups excluding carboxylic acids is 2. The third kappa shape index (κ3) is 3.56. The average Bonchev–Trinajstić information content (AvgIpc) is 3.29. The summed E-state index contributed by atoms with van der Waals surface area (Å²) in [4.78, 5) is 29.0. The number of fused-ring (bicyclic) bond motifs is 3. The van der Waals surface area contributed by atoms with E-state index in [0.29, 0.717) is 44.6 Å². The molecule has 3 aromatic rings. The third-order valence-corrected chi connectivity index (χ3v) is 4.95. The van der Waals surface area contributed by atoms with Crippen LogP contribution in [0.4, 0.5) is 5.69 Å². The van der Waals surface area contributed by atoms with Gasteiger partial charge in [0, 0.05) is 5.39 Å². The van der Waals surface area contributed by atoms with Gasteiger partial charge in [0.2, 0.25) is 6.04 Å². The first-order chi connectivity index (χ1) is 14.0. The van der Waals surface area contributed by atoms with Gasteiger partial charge in [-0.1, -0.05) is 12.1 Å². The zero-order valence-corrected chi connectivity index (χ0v) is 16.6. The standard InChI is InChI=1S/C18H16N6O4S/c1-4-11-14(17(25)28-23-11)21-19-9-5-6-12-10(7-9)13-15(22-20-12)16(29-24-13)18(26)27-8(2)3/h5-8,14H,4H2,1-3H3. The number of aromatic nitrogens is 3. The fourth-order valence-electron chi connectivity index (χ4n) is 2.76. The van der Waals surface area contributed by atoms with Gasteiger partial charge in [0.15, 0.2) is 4.88 Å². The topological polar surface area (TPSA) is 128 Å². The fraction of sp³-hybridized carbons (Fsp3) is 0.333. The van der Waals surface area contributed by atoms with Crippen molar-refractivity contribution in [3.05, 3.63) is 23.1 Å². The minimum absolute atomic E-state index is 0.251. The number of hydrogen-bond acceptors (Lipinski definition) is 11. The molecule has 29 heavy (non-hydrogen) atoms. The van der Waals surface area contributed by atoms with Crippen molar-refractivity contribution in [1.29, 1.82) is 0 Å². The first-order valence-electron chi connectivity index (χ1n) is 8.93. The Bertz CT molecular complexity index is 1190. The highest BCUT2D eigenvalue weighted by Crippen LogP contribution is 2.30. The summed E-state index contributed by atoms with van der Waals surface area (Å²) in [7, 11) is 0. The van der Waals surface area contributed by atoms with Gasteiger partial charge >= 0.3 is 11.9 Å². The predicted molar refractivity (Wildman–Crippen MR) is 105 cm³/mol. The number of azo groups is 1. The van der Waals surface area contributed by atoms with Crippen molar-refractivity contribution in [3.63, 3.8) is 0 Å². The van der Waals surface area contributed by atoms with Gasteiger partial charge in [-0.2, -0.15) is 14.6 Å². The Balaban J connectivity index is 1.71. The molecule has 0 amide bonds. The lowest BCUT2D eigenvalue weighted by atomic mass is 10.1. The number of esters is 1. The highest BCUT2D eigenvalue weighted by Gasteiger charge is 2.31. The molecule has 0 bridgehead atoms. The van der Waals surface area contributed by atoms with Gasteiger partial charge in [-0.3, -0.25) is 0 Å². The first kappa shape index (κ1) is 19.0. The van der Waals surface area contributed by atoms with Gasteiger partial charge in [0.05, 0.1) is 23.0 Å². The molecule has 3 heterocycles. The summed E-state index contributed by atoms with van der Waals surface area (Å²) < 4.78 is 9.60. The van der Waals surface area contributed by atoms with E-state index in [9.17, 15) is 9.59 Å². The maximum Gasteiger partial charge on any atom is 0.367 e. The van der Waals surface area contributed by atoms with E-state index in [0.717, 1.165) is 11.5 Å². The summed E-state index contributed by atoms with van der Waals surface area (Å²) in [6.07, 6.45) is 0.288. The molecule has 10 nitrogen and oxygen atoms in total. The first-order valence-corrected chi connectivity index (χ1v) is 9.70. The van der Waals surface area contributed by atoms with Gasteiger partial charge in [0.1, 0.15) is 11.0 Å². The molecule has 4 rings (SSSR count). The van der Waals surface area contributed by atoms with Crippen LogP contribution in [0.3, 0.4) is 0 Å². The number of hydrogen-bond donors (Lipinski definition) is 0. The molecule has 11 heteroatoms. The summed E-state index contributed by atoms with van der Waals surface area (Å²) in [5, 5.41) is 20.9. The lowest BCUT2D eigenvalue weighted by Crippen LogP contribution is -2.21. The van der Waals surface area contributed by atoms with Crippen LogP contribution in [0.1, 0.15) is 36.9 Å². The van der Waals surface area contributed by atoms with Crippen LogP contribution in [0.25, 0.3) is 21.9 Å². The van der Waals surface area contributed by atoms with Gasteiger partial charge in [-0.15, -0.1) is 10.2 Å². The summed E-state index contributed by atoms with van der Waals surface area (Å²) in [5.41, 5.74) is 2.54. The summed E-state index contributed by atoms with van der Waals surface area (Å²) in [6, 6.07) is 4.33. The maximum atomic E-state index is 12.3. The molecule has 0 spiro atoms. The number of oxime groups is 1. The Morgan fingerprint density at radius 2 is 2.14 bits per heavy atom. The molecule has 0 radical (unpaired) electrons. The van der Waals surface area contributed by atoms with E-state index in [4.69, 9.17) is 4.74 Å². The minimum atomic E-state index is -0.831. The van der Waals surface area contributed by atoms with E-state index in [1.54, 1.807) is 32.0 Å². The Morgan fingerprint density at radius 3 is 2.90 bits per heavy atom. The van der Waals surface area contributed by atoms with E-state index >= 15 is 0 Å². The van der Waals surface area contributed by atoms with Crippen LogP contribution < -0.4 is 0 Å². The Morgan fingerprint density at radius 1 is 1.31 bits per heavy atom. The van der Waals surface area contributed by atoms with Crippen LogP contribution in [0.15, 0.2) is 33.6 Å². The van der Waals surface area contributed by atoms with Crippen molar-refractivity contribution in [3.8, 4) is 0 Å². The van der Waals surface area contributed by atoms with Crippen molar-refractivity contribution in [2.24, 2.45) is 15.4 Å². The molecule has 1 aromatic carbocycles. The Hall–Kier alpha value is -3.34. The molecule has 1 aliphatic rings. The Labute approximate surface area is 168 Å². The van der Waals surface area contributed by atoms with Crippen molar-refractivity contribution in [2.75, 3.05) is 0 Å². The maximum absolute atomic E-state index is 12.3. The van der Waals surface area contributed by atoms with E-state index < -0.39 is 18.0 Å². The van der Waals surface area contributed by atoms with Crippen molar-refractivity contribution < 1.29 is 19.2 Å². The fourth-order valence-corrected chi connectivity index (χ4v) is 3.47. The second-order valence-electron chi connectivity index (χ2n) is 6.53. The predicted octanol–water partition coefficient (Wildman–Crippen LogP) is 3.58. The van der Waals surface area contributed by atoms with Gasteiger partial charge in [0.25, 0.3) is 0 Å². The second-order valence-corrected chi connectivity index (χ2v) is 7.30. The zero-order valence-electron chi connectivity index (χ0n) is 15.8. The molecular formula is C18H16N6O4S. The van der Waals surface area contributed by atoms with Crippen LogP contribution in [0, 0.1) is 0 Å². The molecule has 2 aromatic heterocycles. The molecule has 1 unspecified atom stereocenters. The average molecular weight is 412 g/mol. The van der Waals surface area contributed by atoms with Gasteiger partial charge in [-0.05, 0) is 50.0 Å². The molecule has 1 aliphatic heterocycles. The highest BCUT2D eigenvalue weighted by molar-refractivity contribution is 7.09. The largest absolute Gasteiger partial charge is 0.459 e. The molecule has 0 saturated carbocycles. The van der Waals surface area contributed by atoms with Crippen LogP contribution in [0.5, 0.6) is 0 Å². The van der Waals surface area contributed by atoms with E-state index in [-0.39, 0.29) is 6.10 Å². The quantitative estimate of drug-likeness (QED) is 0.356. The van der Waals surface area contributed by atoms with Crippen LogP contribution in [0.2, 0.25) is 0 Å². The van der Waals surface area contributed by atoms with Crippen molar-refractivity contribution in [1.82, 2.24) is 14.6 Å². The zero-order chi connectivity index (χ0) is 20.5. The van der Waals surface area contributed by atoms with Crippen LogP contribution >= 0.6 is 11.5 Å². The molecule has 1 atom stereocenters. The lowest BCUT2D eigenvalue weighted by Gasteiger charge is -2.05. The third-order valence-electron chi connectivity index (χ3n) is 4.13. The lowest BCUT2D eigenvalue weighted by molar-refractivity contribution is -0.141. The van der Waals surface area contributed by atoms with E-state index in [1.807, 2.05) is 6.92 Å². The van der Waals surface area contributed by atoms with Crippen LogP contribution in [-0.4, -0.2) is 44.4 Å². The van der Waals surface area contributed by atoms with Crippen LogP contribution in [-0.2, 0) is 14.4 Å².